The highest BCUT2D eigenvalue weighted by Crippen LogP contribution is 2.31. The van der Waals surface area contributed by atoms with Gasteiger partial charge in [0.2, 0.25) is 5.91 Å². The fourth-order valence-electron chi connectivity index (χ4n) is 3.23. The molecule has 0 aliphatic carbocycles. The average Bonchev–Trinajstić information content (AvgIpc) is 3.00. The number of rotatable bonds is 2. The number of H-pyrrole nitrogens is 1. The number of nitrogens with zero attached hydrogens (tertiary/aromatic N) is 4. The molecule has 1 aromatic carbocycles. The molecule has 0 saturated heterocycles. The van der Waals surface area contributed by atoms with Crippen molar-refractivity contribution in [1.29, 1.82) is 0 Å². The molecule has 8 heteroatoms. The summed E-state index contributed by atoms with van der Waals surface area (Å²) in [5.74, 6) is 0.314. The van der Waals surface area contributed by atoms with Crippen LogP contribution in [-0.2, 0) is 11.3 Å². The molecule has 0 unspecified atom stereocenters. The van der Waals surface area contributed by atoms with E-state index in [4.69, 9.17) is 0 Å². The van der Waals surface area contributed by atoms with Crippen molar-refractivity contribution in [2.24, 2.45) is 0 Å². The van der Waals surface area contributed by atoms with Crippen LogP contribution in [0.1, 0.15) is 30.5 Å². The molecule has 1 aliphatic rings. The number of aromatic nitrogens is 4. The van der Waals surface area contributed by atoms with E-state index in [0.29, 0.717) is 31.0 Å². The third-order valence-corrected chi connectivity index (χ3v) is 4.51. The monoisotopic (exact) mass is 340 g/mol. The molecule has 0 saturated carbocycles. The number of nitrogens with one attached hydrogen (secondary N) is 2. The molecule has 3 aromatic rings. The highest BCUT2D eigenvalue weighted by molar-refractivity contribution is 5.82. The van der Waals surface area contributed by atoms with Gasteiger partial charge in [0, 0.05) is 20.0 Å². The van der Waals surface area contributed by atoms with Crippen molar-refractivity contribution in [2.75, 3.05) is 11.9 Å². The second kappa shape index (κ2) is 6.12. The van der Waals surface area contributed by atoms with Crippen LogP contribution < -0.4 is 5.32 Å². The molecular weight excluding hydrogens is 323 g/mol. The maximum atomic E-state index is 13.7. The van der Waals surface area contributed by atoms with Gasteiger partial charge >= 0.3 is 0 Å². The normalized spacial score (nSPS) is 17.2. The number of aromatic amines is 1. The Bertz CT molecular complexity index is 940. The Kier molecular flexibility index (Phi) is 3.79. The number of amides is 1. The second-order valence-corrected chi connectivity index (χ2v) is 6.09. The minimum atomic E-state index is -0.305. The van der Waals surface area contributed by atoms with Crippen molar-refractivity contribution >= 4 is 22.9 Å². The number of fused-ring (bicyclic) bond motifs is 2. The lowest BCUT2D eigenvalue weighted by Gasteiger charge is -2.20. The molecule has 128 valence electrons. The molecule has 1 aliphatic heterocycles. The first-order valence-electron chi connectivity index (χ1n) is 8.06. The molecule has 0 bridgehead atoms. The molecular formula is C17H17FN6O. The van der Waals surface area contributed by atoms with Crippen LogP contribution in [-0.4, -0.2) is 37.3 Å². The summed E-state index contributed by atoms with van der Waals surface area (Å²) in [5, 5.41) is 3.40. The SMILES string of the molecule is CC(=O)N1CC[C@H](Nc2ncnc3nc[nH]c23)c2ccc(F)cc2C1. The summed E-state index contributed by atoms with van der Waals surface area (Å²) in [7, 11) is 0. The van der Waals surface area contributed by atoms with E-state index in [9.17, 15) is 9.18 Å². The third-order valence-electron chi connectivity index (χ3n) is 4.51. The van der Waals surface area contributed by atoms with Gasteiger partial charge in [-0.2, -0.15) is 0 Å². The first-order valence-corrected chi connectivity index (χ1v) is 8.06. The molecule has 0 radical (unpaired) electrons. The first-order chi connectivity index (χ1) is 12.1. The van der Waals surface area contributed by atoms with Crippen molar-refractivity contribution in [3.63, 3.8) is 0 Å². The number of imidazole rings is 1. The Morgan fingerprint density at radius 1 is 1.36 bits per heavy atom. The molecule has 0 fully saturated rings. The summed E-state index contributed by atoms with van der Waals surface area (Å²) in [4.78, 5) is 29.1. The fraction of sp³-hybridized carbons (Fsp3) is 0.294. The van der Waals surface area contributed by atoms with E-state index in [1.54, 1.807) is 17.3 Å². The number of carbonyl (C=O) groups excluding carboxylic acids is 1. The van der Waals surface area contributed by atoms with Crippen LogP contribution in [0.5, 0.6) is 0 Å². The lowest BCUT2D eigenvalue weighted by atomic mass is 9.99. The lowest BCUT2D eigenvalue weighted by Crippen LogP contribution is -2.28. The van der Waals surface area contributed by atoms with Crippen LogP contribution in [0.4, 0.5) is 10.2 Å². The van der Waals surface area contributed by atoms with Crippen LogP contribution in [0.25, 0.3) is 11.2 Å². The summed E-state index contributed by atoms with van der Waals surface area (Å²) < 4.78 is 13.7. The predicted molar refractivity (Wildman–Crippen MR) is 90.2 cm³/mol. The number of halogens is 1. The van der Waals surface area contributed by atoms with Gasteiger partial charge in [-0.25, -0.2) is 19.3 Å². The number of anilines is 1. The van der Waals surface area contributed by atoms with Crippen LogP contribution in [0.2, 0.25) is 0 Å². The van der Waals surface area contributed by atoms with Crippen molar-refractivity contribution in [2.45, 2.75) is 25.9 Å². The molecule has 2 N–H and O–H groups in total. The van der Waals surface area contributed by atoms with Crippen LogP contribution in [0.15, 0.2) is 30.9 Å². The average molecular weight is 340 g/mol. The molecule has 7 nitrogen and oxygen atoms in total. The van der Waals surface area contributed by atoms with Crippen molar-refractivity contribution in [3.8, 4) is 0 Å². The fourth-order valence-corrected chi connectivity index (χ4v) is 3.23. The molecule has 2 aromatic heterocycles. The van der Waals surface area contributed by atoms with E-state index in [-0.39, 0.29) is 17.8 Å². The zero-order chi connectivity index (χ0) is 17.4. The minimum absolute atomic E-state index is 0.0196. The van der Waals surface area contributed by atoms with Gasteiger partial charge in [-0.05, 0) is 29.7 Å². The van der Waals surface area contributed by atoms with Crippen molar-refractivity contribution in [3.05, 3.63) is 47.8 Å². The zero-order valence-electron chi connectivity index (χ0n) is 13.7. The van der Waals surface area contributed by atoms with Gasteiger partial charge in [0.05, 0.1) is 12.4 Å². The van der Waals surface area contributed by atoms with E-state index < -0.39 is 0 Å². The summed E-state index contributed by atoms with van der Waals surface area (Å²) >= 11 is 0. The Labute approximate surface area is 143 Å². The van der Waals surface area contributed by atoms with Gasteiger partial charge in [-0.15, -0.1) is 0 Å². The van der Waals surface area contributed by atoms with E-state index in [2.05, 4.69) is 25.3 Å². The Hall–Kier alpha value is -3.03. The van der Waals surface area contributed by atoms with Gasteiger partial charge in [0.15, 0.2) is 11.5 Å². The summed E-state index contributed by atoms with van der Waals surface area (Å²) in [6.07, 6.45) is 3.71. The predicted octanol–water partition coefficient (Wildman–Crippen LogP) is 2.40. The minimum Gasteiger partial charge on any atom is -0.361 e. The molecule has 1 atom stereocenters. The highest BCUT2D eigenvalue weighted by Gasteiger charge is 2.25. The smallest absolute Gasteiger partial charge is 0.219 e. The zero-order valence-corrected chi connectivity index (χ0v) is 13.7. The molecule has 0 spiro atoms. The van der Waals surface area contributed by atoms with Crippen LogP contribution in [0, 0.1) is 5.82 Å². The summed E-state index contributed by atoms with van der Waals surface area (Å²) in [5.41, 5.74) is 3.08. The number of benzene rings is 1. The van der Waals surface area contributed by atoms with Gasteiger partial charge in [0.1, 0.15) is 17.7 Å². The largest absolute Gasteiger partial charge is 0.361 e. The van der Waals surface area contributed by atoms with E-state index in [1.165, 1.54) is 25.4 Å². The van der Waals surface area contributed by atoms with E-state index in [0.717, 1.165) is 16.6 Å². The number of hydrogen-bond acceptors (Lipinski definition) is 5. The summed E-state index contributed by atoms with van der Waals surface area (Å²) in [6, 6.07) is 4.62. The maximum Gasteiger partial charge on any atom is 0.219 e. The van der Waals surface area contributed by atoms with Crippen LogP contribution >= 0.6 is 0 Å². The first kappa shape index (κ1) is 15.5. The molecule has 1 amide bonds. The molecule has 4 rings (SSSR count). The standard InChI is InChI=1S/C17H17FN6O/c1-10(25)24-5-4-14(13-3-2-12(18)6-11(13)7-24)23-17-15-16(20-8-19-15)21-9-22-17/h2-3,6,8-9,14H,4-5,7H2,1H3,(H2,19,20,21,22,23)/t14-/m0/s1. The number of carbonyl (C=O) groups is 1. The Balaban J connectivity index is 1.72. The Morgan fingerprint density at radius 3 is 3.08 bits per heavy atom. The highest BCUT2D eigenvalue weighted by atomic mass is 19.1. The van der Waals surface area contributed by atoms with Gasteiger partial charge < -0.3 is 15.2 Å². The van der Waals surface area contributed by atoms with Crippen molar-refractivity contribution in [1.82, 2.24) is 24.8 Å². The van der Waals surface area contributed by atoms with Crippen molar-refractivity contribution < 1.29 is 9.18 Å². The van der Waals surface area contributed by atoms with Gasteiger partial charge in [0.25, 0.3) is 0 Å². The van der Waals surface area contributed by atoms with Crippen LogP contribution in [0.3, 0.4) is 0 Å². The maximum absolute atomic E-state index is 13.7. The second-order valence-electron chi connectivity index (χ2n) is 6.09. The third kappa shape index (κ3) is 2.90. The van der Waals surface area contributed by atoms with Gasteiger partial charge in [-0.3, -0.25) is 4.79 Å². The molecule has 3 heterocycles. The Morgan fingerprint density at radius 2 is 2.24 bits per heavy atom. The number of hydrogen-bond donors (Lipinski definition) is 2. The van der Waals surface area contributed by atoms with E-state index >= 15 is 0 Å². The summed E-state index contributed by atoms with van der Waals surface area (Å²) in [6.45, 7) is 2.52. The van der Waals surface area contributed by atoms with Gasteiger partial charge in [-0.1, -0.05) is 6.07 Å². The molecule has 25 heavy (non-hydrogen) atoms. The lowest BCUT2D eigenvalue weighted by molar-refractivity contribution is -0.129. The quantitative estimate of drug-likeness (QED) is 0.748. The topological polar surface area (TPSA) is 86.8 Å². The van der Waals surface area contributed by atoms with E-state index in [1.807, 2.05) is 0 Å².